The van der Waals surface area contributed by atoms with Gasteiger partial charge in [-0.2, -0.15) is 0 Å². The Kier molecular flexibility index (Phi) is 5.42. The van der Waals surface area contributed by atoms with E-state index in [0.29, 0.717) is 21.4 Å². The average Bonchev–Trinajstić information content (AvgIpc) is 2.68. The van der Waals surface area contributed by atoms with Crippen molar-refractivity contribution >= 4 is 46.4 Å². The number of rotatable bonds is 5. The van der Waals surface area contributed by atoms with Gasteiger partial charge in [0.1, 0.15) is 6.54 Å². The second-order valence-corrected chi connectivity index (χ2v) is 6.16. The fourth-order valence-corrected chi connectivity index (χ4v) is 2.98. The van der Waals surface area contributed by atoms with Crippen molar-refractivity contribution in [3.05, 3.63) is 53.2 Å². The van der Waals surface area contributed by atoms with Gasteiger partial charge in [-0.3, -0.25) is 9.59 Å². The molecular weight excluding hydrogens is 384 g/mol. The molecule has 28 heavy (non-hydrogen) atoms. The summed E-state index contributed by atoms with van der Waals surface area (Å²) in [6.07, 6.45) is 1.02. The zero-order valence-corrected chi connectivity index (χ0v) is 15.1. The number of nitrogens with one attached hydrogen (secondary N) is 1. The molecule has 5 N–H and O–H groups in total. The van der Waals surface area contributed by atoms with Crippen LogP contribution in [-0.2, 0) is 4.79 Å². The Labute approximate surface area is 164 Å². The molecule has 3 aromatic rings. The topological polar surface area (TPSA) is 138 Å². The number of aromatic nitrogens is 1. The summed E-state index contributed by atoms with van der Waals surface area (Å²) in [4.78, 5) is 31.1. The van der Waals surface area contributed by atoms with Crippen LogP contribution in [0.5, 0.6) is 5.75 Å². The number of benzene rings is 2. The summed E-state index contributed by atoms with van der Waals surface area (Å²) in [6, 6.07) is 12.2. The largest absolute Gasteiger partial charge is 0.505 e. The van der Waals surface area contributed by atoms with Crippen molar-refractivity contribution in [2.75, 3.05) is 6.54 Å². The molecule has 2 aromatic carbocycles. The number of amides is 1. The summed E-state index contributed by atoms with van der Waals surface area (Å²) in [6.45, 7) is -0.615. The first-order valence-corrected chi connectivity index (χ1v) is 8.46. The number of aliphatic imine (C=N–C) groups is 1. The standard InChI is InChI=1S/C19H15ClN4O4/c20-11-4-1-3-10(7-11)12-5-2-6-13-15(12)18(23-9-21)24-16(17(13)27)19(28)22-8-14(25)26/h1-7,9,27H,8H2,(H,22,28)(H,25,26)(H2,21,23,24). The van der Waals surface area contributed by atoms with E-state index in [0.717, 1.165) is 11.9 Å². The van der Waals surface area contributed by atoms with Gasteiger partial charge < -0.3 is 21.3 Å². The van der Waals surface area contributed by atoms with Crippen molar-refractivity contribution in [2.45, 2.75) is 0 Å². The SMILES string of the molecule is NC=Nc1nc(C(=O)NCC(=O)O)c(O)c2cccc(-c3cccc(Cl)c3)c12. The van der Waals surface area contributed by atoms with Crippen LogP contribution in [0.4, 0.5) is 5.82 Å². The summed E-state index contributed by atoms with van der Waals surface area (Å²) in [7, 11) is 0. The molecule has 0 spiro atoms. The van der Waals surface area contributed by atoms with E-state index in [4.69, 9.17) is 22.4 Å². The van der Waals surface area contributed by atoms with Crippen LogP contribution in [-0.4, -0.2) is 40.0 Å². The molecule has 0 bridgehead atoms. The number of nitrogens with zero attached hydrogens (tertiary/aromatic N) is 2. The highest BCUT2D eigenvalue weighted by Gasteiger charge is 2.21. The highest BCUT2D eigenvalue weighted by molar-refractivity contribution is 6.31. The van der Waals surface area contributed by atoms with Crippen LogP contribution >= 0.6 is 11.6 Å². The Morgan fingerprint density at radius 2 is 2.00 bits per heavy atom. The Balaban J connectivity index is 2.26. The van der Waals surface area contributed by atoms with Crippen LogP contribution in [0.1, 0.15) is 10.5 Å². The van der Waals surface area contributed by atoms with Gasteiger partial charge in [0.15, 0.2) is 17.3 Å². The predicted octanol–water partition coefficient (Wildman–Crippen LogP) is 2.69. The van der Waals surface area contributed by atoms with E-state index in [1.165, 1.54) is 0 Å². The summed E-state index contributed by atoms with van der Waals surface area (Å²) < 4.78 is 0. The Morgan fingerprint density at radius 3 is 2.68 bits per heavy atom. The minimum Gasteiger partial charge on any atom is -0.505 e. The lowest BCUT2D eigenvalue weighted by atomic mass is 9.97. The average molecular weight is 399 g/mol. The van der Waals surface area contributed by atoms with E-state index in [1.54, 1.807) is 36.4 Å². The first-order chi connectivity index (χ1) is 13.4. The van der Waals surface area contributed by atoms with Gasteiger partial charge in [0.05, 0.1) is 6.34 Å². The molecule has 0 aliphatic rings. The van der Waals surface area contributed by atoms with Crippen molar-refractivity contribution in [2.24, 2.45) is 10.7 Å². The van der Waals surface area contributed by atoms with Gasteiger partial charge in [-0.05, 0) is 23.3 Å². The number of carbonyl (C=O) groups is 2. The van der Waals surface area contributed by atoms with Gasteiger partial charge >= 0.3 is 5.97 Å². The van der Waals surface area contributed by atoms with Crippen LogP contribution in [0.15, 0.2) is 47.5 Å². The maximum Gasteiger partial charge on any atom is 0.322 e. The first-order valence-electron chi connectivity index (χ1n) is 8.08. The van der Waals surface area contributed by atoms with Gasteiger partial charge in [0.25, 0.3) is 5.91 Å². The number of hydrogen-bond donors (Lipinski definition) is 4. The van der Waals surface area contributed by atoms with E-state index in [-0.39, 0.29) is 11.5 Å². The molecule has 0 aliphatic carbocycles. The molecule has 0 aliphatic heterocycles. The highest BCUT2D eigenvalue weighted by atomic mass is 35.5. The number of carboxylic acid groups (broad SMARTS) is 1. The molecule has 3 rings (SSSR count). The van der Waals surface area contributed by atoms with E-state index < -0.39 is 24.2 Å². The van der Waals surface area contributed by atoms with Crippen molar-refractivity contribution < 1.29 is 19.8 Å². The molecule has 9 heteroatoms. The molecule has 142 valence electrons. The Hall–Kier alpha value is -3.65. The van der Waals surface area contributed by atoms with Crippen LogP contribution in [0.2, 0.25) is 5.02 Å². The van der Waals surface area contributed by atoms with E-state index in [1.807, 2.05) is 6.07 Å². The monoisotopic (exact) mass is 398 g/mol. The molecule has 1 amide bonds. The van der Waals surface area contributed by atoms with Crippen LogP contribution < -0.4 is 11.1 Å². The summed E-state index contributed by atoms with van der Waals surface area (Å²) in [5, 5.41) is 22.8. The quantitative estimate of drug-likeness (QED) is 0.385. The summed E-state index contributed by atoms with van der Waals surface area (Å²) >= 11 is 6.09. The van der Waals surface area contributed by atoms with Crippen molar-refractivity contribution in [3.8, 4) is 16.9 Å². The Bertz CT molecular complexity index is 1110. The van der Waals surface area contributed by atoms with E-state index in [2.05, 4.69) is 15.3 Å². The van der Waals surface area contributed by atoms with Crippen molar-refractivity contribution in [1.82, 2.24) is 10.3 Å². The van der Waals surface area contributed by atoms with Gasteiger partial charge in [0, 0.05) is 15.8 Å². The number of halogens is 1. The number of pyridine rings is 1. The molecular formula is C19H15ClN4O4. The lowest BCUT2D eigenvalue weighted by Gasteiger charge is -2.13. The predicted molar refractivity (Wildman–Crippen MR) is 106 cm³/mol. The second-order valence-electron chi connectivity index (χ2n) is 5.73. The summed E-state index contributed by atoms with van der Waals surface area (Å²) in [5.74, 6) is -2.36. The minimum atomic E-state index is -1.22. The molecule has 0 fully saturated rings. The smallest absolute Gasteiger partial charge is 0.322 e. The molecule has 0 radical (unpaired) electrons. The fraction of sp³-hybridized carbons (Fsp3) is 0.0526. The third-order valence-electron chi connectivity index (χ3n) is 3.93. The fourth-order valence-electron chi connectivity index (χ4n) is 2.79. The first kappa shape index (κ1) is 19.1. The number of nitrogens with two attached hydrogens (primary N) is 1. The number of aliphatic carboxylic acids is 1. The zero-order chi connectivity index (χ0) is 20.3. The number of hydrogen-bond acceptors (Lipinski definition) is 5. The molecule has 0 saturated heterocycles. The number of carboxylic acids is 1. The lowest BCUT2D eigenvalue weighted by Crippen LogP contribution is -2.30. The van der Waals surface area contributed by atoms with Crippen molar-refractivity contribution in [1.29, 1.82) is 0 Å². The third-order valence-corrected chi connectivity index (χ3v) is 4.17. The second kappa shape index (κ2) is 7.93. The molecule has 1 aromatic heterocycles. The maximum absolute atomic E-state index is 12.3. The van der Waals surface area contributed by atoms with Gasteiger partial charge in [-0.15, -0.1) is 0 Å². The van der Waals surface area contributed by atoms with E-state index in [9.17, 15) is 14.7 Å². The number of fused-ring (bicyclic) bond motifs is 1. The molecule has 0 atom stereocenters. The van der Waals surface area contributed by atoms with Gasteiger partial charge in [-0.1, -0.05) is 41.9 Å². The Morgan fingerprint density at radius 1 is 1.25 bits per heavy atom. The molecule has 8 nitrogen and oxygen atoms in total. The van der Waals surface area contributed by atoms with Crippen molar-refractivity contribution in [3.63, 3.8) is 0 Å². The van der Waals surface area contributed by atoms with E-state index >= 15 is 0 Å². The van der Waals surface area contributed by atoms with Crippen LogP contribution in [0.3, 0.4) is 0 Å². The summed E-state index contributed by atoms with van der Waals surface area (Å²) in [5.41, 5.74) is 6.53. The molecule has 0 saturated carbocycles. The molecule has 0 unspecified atom stereocenters. The highest BCUT2D eigenvalue weighted by Crippen LogP contribution is 2.40. The van der Waals surface area contributed by atoms with Gasteiger partial charge in [-0.25, -0.2) is 9.98 Å². The normalized spacial score (nSPS) is 11.0. The number of carbonyl (C=O) groups excluding carboxylic acids is 1. The zero-order valence-electron chi connectivity index (χ0n) is 14.4. The van der Waals surface area contributed by atoms with Crippen LogP contribution in [0, 0.1) is 0 Å². The molecule has 1 heterocycles. The maximum atomic E-state index is 12.3. The number of aromatic hydroxyl groups is 1. The van der Waals surface area contributed by atoms with Gasteiger partial charge in [0.2, 0.25) is 0 Å². The van der Waals surface area contributed by atoms with Crippen LogP contribution in [0.25, 0.3) is 21.9 Å². The minimum absolute atomic E-state index is 0.103. The third kappa shape index (κ3) is 3.72. The lowest BCUT2D eigenvalue weighted by molar-refractivity contribution is -0.135.